The fraction of sp³-hybridized carbons (Fsp3) is 0.125. The lowest BCUT2D eigenvalue weighted by atomic mass is 9.83. The molecule has 2 rings (SSSR count). The second kappa shape index (κ2) is 5.53. The summed E-state index contributed by atoms with van der Waals surface area (Å²) in [6, 6.07) is 16.5. The topological polar surface area (TPSA) is 69.1 Å². The Morgan fingerprint density at radius 3 is 2.30 bits per heavy atom. The number of rotatable bonds is 4. The highest BCUT2D eigenvalue weighted by molar-refractivity contribution is 7.81. The van der Waals surface area contributed by atoms with E-state index in [1.165, 1.54) is 0 Å². The molecule has 1 unspecified atom stereocenters. The summed E-state index contributed by atoms with van der Waals surface area (Å²) in [5.41, 5.74) is 12.7. The first-order chi connectivity index (χ1) is 9.46. The van der Waals surface area contributed by atoms with Gasteiger partial charge in [0.1, 0.15) is 0 Å². The third kappa shape index (κ3) is 2.48. The molecule has 0 fully saturated rings. The van der Waals surface area contributed by atoms with Gasteiger partial charge in [-0.25, -0.2) is 0 Å². The van der Waals surface area contributed by atoms with Gasteiger partial charge in [-0.05, 0) is 18.1 Å². The summed E-state index contributed by atoms with van der Waals surface area (Å²) in [5.74, 6) is -0.657. The molecule has 0 aliphatic rings. The number of benzene rings is 2. The minimum Gasteiger partial charge on any atom is -0.367 e. The van der Waals surface area contributed by atoms with Crippen molar-refractivity contribution in [3.05, 3.63) is 71.3 Å². The van der Waals surface area contributed by atoms with Crippen molar-refractivity contribution >= 4 is 23.0 Å². The van der Waals surface area contributed by atoms with Crippen LogP contribution in [0.25, 0.3) is 0 Å². The number of primary amides is 1. The summed E-state index contributed by atoms with van der Waals surface area (Å²) >= 11 is 5.45. The average Bonchev–Trinajstić information content (AvgIpc) is 2.46. The molecule has 20 heavy (non-hydrogen) atoms. The molecule has 0 heterocycles. The Hall–Kier alpha value is -2.04. The number of aryl methyl sites for hydroxylation is 1. The molecule has 3 nitrogen and oxygen atoms in total. The first-order valence-electron chi connectivity index (χ1n) is 6.22. The Labute approximate surface area is 123 Å². The number of carbonyl (C=O) groups is 1. The van der Waals surface area contributed by atoms with E-state index in [9.17, 15) is 4.79 Å². The van der Waals surface area contributed by atoms with Crippen LogP contribution in [0.3, 0.4) is 0 Å². The summed E-state index contributed by atoms with van der Waals surface area (Å²) in [4.78, 5) is 12.3. The molecule has 0 radical (unpaired) electrons. The first-order valence-corrected chi connectivity index (χ1v) is 6.63. The van der Waals surface area contributed by atoms with Crippen molar-refractivity contribution in [3.63, 3.8) is 0 Å². The summed E-state index contributed by atoms with van der Waals surface area (Å²) < 4.78 is 0. The van der Waals surface area contributed by atoms with Gasteiger partial charge in [-0.2, -0.15) is 0 Å². The Morgan fingerprint density at radius 2 is 1.75 bits per heavy atom. The highest BCUT2D eigenvalue weighted by Gasteiger charge is 2.39. The second-order valence-electron chi connectivity index (χ2n) is 4.74. The second-order valence-corrected chi connectivity index (χ2v) is 5.15. The van der Waals surface area contributed by atoms with Gasteiger partial charge in [0.25, 0.3) is 0 Å². The molecule has 4 N–H and O–H groups in total. The van der Waals surface area contributed by atoms with Gasteiger partial charge in [-0.3, -0.25) is 4.79 Å². The van der Waals surface area contributed by atoms with Gasteiger partial charge >= 0.3 is 0 Å². The maximum Gasteiger partial charge on any atom is 0.247 e. The van der Waals surface area contributed by atoms with Crippen LogP contribution in [0.2, 0.25) is 0 Å². The van der Waals surface area contributed by atoms with Gasteiger partial charge in [0, 0.05) is 0 Å². The Balaban J connectivity index is 2.54. The molecule has 0 saturated carbocycles. The summed E-state index contributed by atoms with van der Waals surface area (Å²) in [6.45, 7) is 1.96. The van der Waals surface area contributed by atoms with E-state index in [2.05, 4.69) is 0 Å². The van der Waals surface area contributed by atoms with Gasteiger partial charge < -0.3 is 11.5 Å². The maximum atomic E-state index is 11.9. The Kier molecular flexibility index (Phi) is 3.97. The standard InChI is InChI=1S/C16H16N2OS/c1-11-6-5-7-12(10-11)14(20)16(18,15(17)19)13-8-3-2-4-9-13/h2-10H,18H2,1H3,(H2,17,19). The number of hydrogen-bond donors (Lipinski definition) is 2. The van der Waals surface area contributed by atoms with E-state index in [0.717, 1.165) is 11.1 Å². The molecular weight excluding hydrogens is 268 g/mol. The first kappa shape index (κ1) is 14.4. The minimum atomic E-state index is -1.48. The van der Waals surface area contributed by atoms with Crippen LogP contribution in [-0.4, -0.2) is 10.8 Å². The van der Waals surface area contributed by atoms with Gasteiger partial charge in [0.2, 0.25) is 5.91 Å². The van der Waals surface area contributed by atoms with Crippen LogP contribution in [-0.2, 0) is 10.3 Å². The van der Waals surface area contributed by atoms with Crippen LogP contribution >= 0.6 is 12.2 Å². The predicted molar refractivity (Wildman–Crippen MR) is 84.4 cm³/mol. The molecule has 1 amide bonds. The lowest BCUT2D eigenvalue weighted by molar-refractivity contribution is -0.121. The average molecular weight is 284 g/mol. The lowest BCUT2D eigenvalue weighted by Gasteiger charge is -2.27. The van der Waals surface area contributed by atoms with Crippen molar-refractivity contribution in [3.8, 4) is 0 Å². The van der Waals surface area contributed by atoms with E-state index in [0.29, 0.717) is 10.4 Å². The molecule has 0 aliphatic heterocycles. The molecular formula is C16H16N2OS. The molecule has 1 atom stereocenters. The number of hydrogen-bond acceptors (Lipinski definition) is 3. The van der Waals surface area contributed by atoms with Gasteiger partial charge in [0.15, 0.2) is 5.54 Å². The van der Waals surface area contributed by atoms with Crippen molar-refractivity contribution in [1.29, 1.82) is 0 Å². The third-order valence-electron chi connectivity index (χ3n) is 3.26. The van der Waals surface area contributed by atoms with Gasteiger partial charge in [-0.15, -0.1) is 0 Å². The zero-order valence-electron chi connectivity index (χ0n) is 11.2. The lowest BCUT2D eigenvalue weighted by Crippen LogP contribution is -2.54. The molecule has 0 spiro atoms. The largest absolute Gasteiger partial charge is 0.367 e. The van der Waals surface area contributed by atoms with E-state index in [1.54, 1.807) is 24.3 Å². The highest BCUT2D eigenvalue weighted by atomic mass is 32.1. The van der Waals surface area contributed by atoms with E-state index >= 15 is 0 Å². The van der Waals surface area contributed by atoms with Crippen molar-refractivity contribution in [1.82, 2.24) is 0 Å². The molecule has 4 heteroatoms. The number of amides is 1. The van der Waals surface area contributed by atoms with Crippen molar-refractivity contribution in [2.45, 2.75) is 12.5 Å². The molecule has 0 bridgehead atoms. The maximum absolute atomic E-state index is 11.9. The monoisotopic (exact) mass is 284 g/mol. The van der Waals surface area contributed by atoms with Crippen molar-refractivity contribution in [2.24, 2.45) is 11.5 Å². The van der Waals surface area contributed by atoms with Crippen LogP contribution in [0.5, 0.6) is 0 Å². The number of carbonyl (C=O) groups excluding carboxylic acids is 1. The Bertz CT molecular complexity index is 655. The third-order valence-corrected chi connectivity index (χ3v) is 3.81. The molecule has 2 aromatic carbocycles. The quantitative estimate of drug-likeness (QED) is 0.667. The van der Waals surface area contributed by atoms with E-state index in [-0.39, 0.29) is 0 Å². The van der Waals surface area contributed by atoms with E-state index < -0.39 is 11.4 Å². The number of thiocarbonyl (C=S) groups is 1. The summed E-state index contributed by atoms with van der Waals surface area (Å²) in [7, 11) is 0. The van der Waals surface area contributed by atoms with Gasteiger partial charge in [-0.1, -0.05) is 72.4 Å². The van der Waals surface area contributed by atoms with Crippen LogP contribution in [0, 0.1) is 6.92 Å². The smallest absolute Gasteiger partial charge is 0.247 e. The molecule has 2 aromatic rings. The molecule has 102 valence electrons. The Morgan fingerprint density at radius 1 is 1.10 bits per heavy atom. The molecule has 0 saturated heterocycles. The van der Waals surface area contributed by atoms with E-state index in [1.807, 2.05) is 37.3 Å². The SMILES string of the molecule is Cc1cccc(C(=S)C(N)(C(N)=O)c2ccccc2)c1. The number of nitrogens with two attached hydrogens (primary N) is 2. The summed E-state index contributed by atoms with van der Waals surface area (Å²) in [6.07, 6.45) is 0. The normalized spacial score (nSPS) is 13.5. The molecule has 0 aromatic heterocycles. The van der Waals surface area contributed by atoms with Crippen LogP contribution < -0.4 is 11.5 Å². The minimum absolute atomic E-state index is 0.333. The van der Waals surface area contributed by atoms with Crippen molar-refractivity contribution in [2.75, 3.05) is 0 Å². The fourth-order valence-electron chi connectivity index (χ4n) is 2.10. The predicted octanol–water partition coefficient (Wildman–Crippen LogP) is 2.05. The fourth-order valence-corrected chi connectivity index (χ4v) is 2.45. The van der Waals surface area contributed by atoms with Crippen molar-refractivity contribution < 1.29 is 4.79 Å². The summed E-state index contributed by atoms with van der Waals surface area (Å²) in [5, 5.41) is 0. The zero-order chi connectivity index (χ0) is 14.8. The zero-order valence-corrected chi connectivity index (χ0v) is 12.0. The van der Waals surface area contributed by atoms with Crippen LogP contribution in [0.4, 0.5) is 0 Å². The highest BCUT2D eigenvalue weighted by Crippen LogP contribution is 2.24. The van der Waals surface area contributed by atoms with Crippen LogP contribution in [0.1, 0.15) is 16.7 Å². The molecule has 0 aliphatic carbocycles. The van der Waals surface area contributed by atoms with E-state index in [4.69, 9.17) is 23.7 Å². The van der Waals surface area contributed by atoms with Gasteiger partial charge in [0.05, 0.1) is 4.86 Å². The van der Waals surface area contributed by atoms with Crippen LogP contribution in [0.15, 0.2) is 54.6 Å².